The van der Waals surface area contributed by atoms with Crippen molar-refractivity contribution in [2.45, 2.75) is 6.92 Å². The van der Waals surface area contributed by atoms with Crippen LogP contribution in [0.15, 0.2) is 48.8 Å². The van der Waals surface area contributed by atoms with Gasteiger partial charge in [-0.1, -0.05) is 11.6 Å². The second-order valence-electron chi connectivity index (χ2n) is 6.37. The molecule has 2 heterocycles. The van der Waals surface area contributed by atoms with E-state index in [1.807, 2.05) is 62.3 Å². The molecule has 0 fully saturated rings. The third-order valence-electron chi connectivity index (χ3n) is 4.03. The first-order valence-electron chi connectivity index (χ1n) is 8.29. The van der Waals surface area contributed by atoms with Crippen molar-refractivity contribution in [1.29, 1.82) is 0 Å². The van der Waals surface area contributed by atoms with Gasteiger partial charge in [0.1, 0.15) is 0 Å². The molecular formula is C20H22N4O. The van der Waals surface area contributed by atoms with Crippen molar-refractivity contribution in [3.8, 4) is 11.3 Å². The molecule has 0 spiro atoms. The molecule has 5 nitrogen and oxygen atoms in total. The van der Waals surface area contributed by atoms with Gasteiger partial charge >= 0.3 is 0 Å². The van der Waals surface area contributed by atoms with E-state index in [-0.39, 0.29) is 5.91 Å². The van der Waals surface area contributed by atoms with Gasteiger partial charge in [-0.2, -0.15) is 0 Å². The standard InChI is InChI=1S/C20H22N4O/c1-14-4-5-18-16(12-14)17(20(25)22-10-11-24(2)3)13-19(23-18)15-6-8-21-9-7-15/h4-9,12-13H,10-11H2,1-3H3,(H,22,25). The summed E-state index contributed by atoms with van der Waals surface area (Å²) in [7, 11) is 3.97. The number of aryl methyl sites for hydroxylation is 1. The summed E-state index contributed by atoms with van der Waals surface area (Å²) in [5, 5.41) is 3.87. The van der Waals surface area contributed by atoms with E-state index in [0.29, 0.717) is 12.1 Å². The summed E-state index contributed by atoms with van der Waals surface area (Å²) in [6.45, 7) is 3.42. The van der Waals surface area contributed by atoms with Crippen LogP contribution in [0.1, 0.15) is 15.9 Å². The molecule has 2 aromatic heterocycles. The number of carbonyl (C=O) groups is 1. The normalized spacial score (nSPS) is 11.0. The first kappa shape index (κ1) is 17.0. The Kier molecular flexibility index (Phi) is 5.05. The Hall–Kier alpha value is -2.79. The fraction of sp³-hybridized carbons (Fsp3) is 0.250. The molecule has 128 valence electrons. The second kappa shape index (κ2) is 7.40. The van der Waals surface area contributed by atoms with E-state index in [1.165, 1.54) is 0 Å². The van der Waals surface area contributed by atoms with Crippen molar-refractivity contribution in [3.05, 3.63) is 59.9 Å². The first-order valence-corrected chi connectivity index (χ1v) is 8.29. The molecule has 1 N–H and O–H groups in total. The van der Waals surface area contributed by atoms with Crippen LogP contribution in [0.3, 0.4) is 0 Å². The van der Waals surface area contributed by atoms with E-state index in [9.17, 15) is 4.79 Å². The highest BCUT2D eigenvalue weighted by atomic mass is 16.1. The molecule has 1 amide bonds. The quantitative estimate of drug-likeness (QED) is 0.779. The van der Waals surface area contributed by atoms with E-state index in [2.05, 4.69) is 10.3 Å². The average Bonchev–Trinajstić information content (AvgIpc) is 2.61. The average molecular weight is 334 g/mol. The van der Waals surface area contributed by atoms with Gasteiger partial charge in [0.05, 0.1) is 16.8 Å². The number of hydrogen-bond donors (Lipinski definition) is 1. The number of carbonyl (C=O) groups excluding carboxylic acids is 1. The molecule has 0 radical (unpaired) electrons. The van der Waals surface area contributed by atoms with Crippen molar-refractivity contribution >= 4 is 16.8 Å². The molecule has 1 aromatic carbocycles. The van der Waals surface area contributed by atoms with Gasteiger partial charge in [-0.15, -0.1) is 0 Å². The topological polar surface area (TPSA) is 58.1 Å². The van der Waals surface area contributed by atoms with E-state index < -0.39 is 0 Å². The van der Waals surface area contributed by atoms with Gasteiger partial charge in [-0.3, -0.25) is 9.78 Å². The predicted octanol–water partition coefficient (Wildman–Crippen LogP) is 2.90. The van der Waals surface area contributed by atoms with Crippen LogP contribution in [0.5, 0.6) is 0 Å². The van der Waals surface area contributed by atoms with Crippen molar-refractivity contribution < 1.29 is 4.79 Å². The summed E-state index contributed by atoms with van der Waals surface area (Å²) < 4.78 is 0. The minimum Gasteiger partial charge on any atom is -0.351 e. The minimum absolute atomic E-state index is 0.0739. The molecular weight excluding hydrogens is 312 g/mol. The van der Waals surface area contributed by atoms with Crippen LogP contribution in [0, 0.1) is 6.92 Å². The Bertz CT molecular complexity index is 891. The molecule has 3 rings (SSSR count). The number of nitrogens with one attached hydrogen (secondary N) is 1. The maximum absolute atomic E-state index is 12.8. The Morgan fingerprint density at radius 2 is 1.88 bits per heavy atom. The molecule has 0 bridgehead atoms. The van der Waals surface area contributed by atoms with E-state index in [0.717, 1.165) is 34.3 Å². The van der Waals surface area contributed by atoms with E-state index in [4.69, 9.17) is 4.98 Å². The van der Waals surface area contributed by atoms with Crippen LogP contribution in [0.2, 0.25) is 0 Å². The first-order chi connectivity index (χ1) is 12.0. The number of nitrogens with zero attached hydrogens (tertiary/aromatic N) is 3. The summed E-state index contributed by atoms with van der Waals surface area (Å²) in [6, 6.07) is 11.7. The molecule has 0 saturated carbocycles. The largest absolute Gasteiger partial charge is 0.351 e. The van der Waals surface area contributed by atoms with Crippen molar-refractivity contribution in [2.24, 2.45) is 0 Å². The minimum atomic E-state index is -0.0739. The zero-order chi connectivity index (χ0) is 17.8. The lowest BCUT2D eigenvalue weighted by Crippen LogP contribution is -2.31. The fourth-order valence-corrected chi connectivity index (χ4v) is 2.69. The highest BCUT2D eigenvalue weighted by Gasteiger charge is 2.14. The van der Waals surface area contributed by atoms with Gasteiger partial charge in [-0.05, 0) is 51.4 Å². The van der Waals surface area contributed by atoms with Crippen LogP contribution < -0.4 is 5.32 Å². The number of pyridine rings is 2. The molecule has 25 heavy (non-hydrogen) atoms. The van der Waals surface area contributed by atoms with Crippen LogP contribution in [-0.2, 0) is 0 Å². The van der Waals surface area contributed by atoms with Crippen LogP contribution >= 0.6 is 0 Å². The zero-order valence-electron chi connectivity index (χ0n) is 14.8. The van der Waals surface area contributed by atoms with Gasteiger partial charge < -0.3 is 10.2 Å². The van der Waals surface area contributed by atoms with Gasteiger partial charge in [-0.25, -0.2) is 4.98 Å². The molecule has 0 unspecified atom stereocenters. The summed E-state index contributed by atoms with van der Waals surface area (Å²) >= 11 is 0. The van der Waals surface area contributed by atoms with E-state index >= 15 is 0 Å². The zero-order valence-corrected chi connectivity index (χ0v) is 14.8. The van der Waals surface area contributed by atoms with Gasteiger partial charge in [0.2, 0.25) is 0 Å². The number of fused-ring (bicyclic) bond motifs is 1. The summed E-state index contributed by atoms with van der Waals surface area (Å²) in [4.78, 5) is 23.6. The van der Waals surface area contributed by atoms with Crippen LogP contribution in [0.25, 0.3) is 22.2 Å². The number of amides is 1. The maximum atomic E-state index is 12.8. The second-order valence-corrected chi connectivity index (χ2v) is 6.37. The van der Waals surface area contributed by atoms with Crippen LogP contribution in [-0.4, -0.2) is 48.0 Å². The summed E-state index contributed by atoms with van der Waals surface area (Å²) in [5.41, 5.74) is 4.29. The lowest BCUT2D eigenvalue weighted by molar-refractivity contribution is 0.0952. The molecule has 0 atom stereocenters. The summed E-state index contributed by atoms with van der Waals surface area (Å²) in [6.07, 6.45) is 3.46. The molecule has 0 aliphatic rings. The maximum Gasteiger partial charge on any atom is 0.252 e. The third kappa shape index (κ3) is 4.00. The fourth-order valence-electron chi connectivity index (χ4n) is 2.69. The van der Waals surface area contributed by atoms with Crippen molar-refractivity contribution in [1.82, 2.24) is 20.2 Å². The van der Waals surface area contributed by atoms with Crippen LogP contribution in [0.4, 0.5) is 0 Å². The Morgan fingerprint density at radius 1 is 1.12 bits per heavy atom. The molecule has 0 saturated heterocycles. The Balaban J connectivity index is 2.04. The number of hydrogen-bond acceptors (Lipinski definition) is 4. The third-order valence-corrected chi connectivity index (χ3v) is 4.03. The SMILES string of the molecule is Cc1ccc2nc(-c3ccncc3)cc(C(=O)NCCN(C)C)c2c1. The summed E-state index contributed by atoms with van der Waals surface area (Å²) in [5.74, 6) is -0.0739. The lowest BCUT2D eigenvalue weighted by atomic mass is 10.0. The molecule has 5 heteroatoms. The number of rotatable bonds is 5. The van der Waals surface area contributed by atoms with E-state index in [1.54, 1.807) is 12.4 Å². The smallest absolute Gasteiger partial charge is 0.252 e. The Labute approximate surface area is 147 Å². The molecule has 3 aromatic rings. The number of aromatic nitrogens is 2. The van der Waals surface area contributed by atoms with Gasteiger partial charge in [0.15, 0.2) is 0 Å². The molecule has 0 aliphatic carbocycles. The molecule has 0 aliphatic heterocycles. The predicted molar refractivity (Wildman–Crippen MR) is 101 cm³/mol. The Morgan fingerprint density at radius 3 is 2.60 bits per heavy atom. The monoisotopic (exact) mass is 334 g/mol. The number of benzene rings is 1. The lowest BCUT2D eigenvalue weighted by Gasteiger charge is -2.13. The van der Waals surface area contributed by atoms with Gasteiger partial charge in [0, 0.05) is 36.4 Å². The number of likely N-dealkylation sites (N-methyl/N-ethyl adjacent to an activating group) is 1. The highest BCUT2D eigenvalue weighted by Crippen LogP contribution is 2.25. The van der Waals surface area contributed by atoms with Gasteiger partial charge in [0.25, 0.3) is 5.91 Å². The highest BCUT2D eigenvalue weighted by molar-refractivity contribution is 6.07. The van der Waals surface area contributed by atoms with Crippen molar-refractivity contribution in [2.75, 3.05) is 27.2 Å². The van der Waals surface area contributed by atoms with Crippen molar-refractivity contribution in [3.63, 3.8) is 0 Å².